The molecule has 0 fully saturated rings. The molecule has 0 saturated carbocycles. The smallest absolute Gasteiger partial charge is 0.250 e. The first kappa shape index (κ1) is 17.0. The zero-order chi connectivity index (χ0) is 16.7. The van der Waals surface area contributed by atoms with Crippen LogP contribution in [0.4, 0.5) is 4.39 Å². The molecular weight excluding hydrogens is 315 g/mol. The van der Waals surface area contributed by atoms with Gasteiger partial charge < -0.3 is 4.74 Å². The molecule has 0 spiro atoms. The number of ether oxygens (including phenoxy) is 1. The molecule has 23 heavy (non-hydrogen) atoms. The van der Waals surface area contributed by atoms with E-state index >= 15 is 0 Å². The number of hydrogen-bond donors (Lipinski definition) is 1. The lowest BCUT2D eigenvalue weighted by molar-refractivity contribution is -0.118. The number of benzene rings is 2. The van der Waals surface area contributed by atoms with Crippen LogP contribution in [0.15, 0.2) is 58.5 Å². The van der Waals surface area contributed by atoms with Gasteiger partial charge in [0.2, 0.25) is 5.91 Å². The zero-order valence-corrected chi connectivity index (χ0v) is 13.7. The van der Waals surface area contributed by atoms with E-state index in [0.717, 1.165) is 17.3 Å². The van der Waals surface area contributed by atoms with Gasteiger partial charge in [-0.3, -0.25) is 4.79 Å². The Morgan fingerprint density at radius 2 is 1.91 bits per heavy atom. The number of nitrogens with one attached hydrogen (secondary N) is 1. The van der Waals surface area contributed by atoms with Crippen LogP contribution in [0.25, 0.3) is 0 Å². The summed E-state index contributed by atoms with van der Waals surface area (Å²) in [6, 6.07) is 13.8. The SMILES string of the molecule is COc1ccccc1/C(C)=N\NC(=O)CSc1ccccc1F. The van der Waals surface area contributed by atoms with Crippen molar-refractivity contribution in [1.82, 2.24) is 5.43 Å². The predicted octanol–water partition coefficient (Wildman–Crippen LogP) is 3.47. The first-order chi connectivity index (χ1) is 11.1. The first-order valence-electron chi connectivity index (χ1n) is 6.95. The minimum absolute atomic E-state index is 0.0869. The van der Waals surface area contributed by atoms with E-state index in [2.05, 4.69) is 10.5 Å². The van der Waals surface area contributed by atoms with Crippen LogP contribution in [-0.4, -0.2) is 24.5 Å². The van der Waals surface area contributed by atoms with Gasteiger partial charge in [-0.05, 0) is 31.2 Å². The normalized spacial score (nSPS) is 11.2. The molecule has 0 aromatic heterocycles. The molecule has 0 aliphatic heterocycles. The molecule has 1 N–H and O–H groups in total. The second-order valence-corrected chi connectivity index (χ2v) is 5.67. The molecule has 0 radical (unpaired) electrons. The minimum Gasteiger partial charge on any atom is -0.496 e. The van der Waals surface area contributed by atoms with Crippen molar-refractivity contribution in [2.24, 2.45) is 5.10 Å². The van der Waals surface area contributed by atoms with Gasteiger partial charge >= 0.3 is 0 Å². The Balaban J connectivity index is 1.94. The van der Waals surface area contributed by atoms with Gasteiger partial charge in [0.15, 0.2) is 0 Å². The molecule has 2 rings (SSSR count). The van der Waals surface area contributed by atoms with Crippen molar-refractivity contribution in [2.45, 2.75) is 11.8 Å². The Bertz CT molecular complexity index is 719. The molecule has 2 aromatic carbocycles. The summed E-state index contributed by atoms with van der Waals surface area (Å²) < 4.78 is 18.7. The van der Waals surface area contributed by atoms with Crippen molar-refractivity contribution in [2.75, 3.05) is 12.9 Å². The van der Waals surface area contributed by atoms with Crippen LogP contribution in [0.2, 0.25) is 0 Å². The average molecular weight is 332 g/mol. The fourth-order valence-electron chi connectivity index (χ4n) is 1.89. The second-order valence-electron chi connectivity index (χ2n) is 4.65. The van der Waals surface area contributed by atoms with E-state index in [1.165, 1.54) is 6.07 Å². The van der Waals surface area contributed by atoms with Crippen LogP contribution in [0.1, 0.15) is 12.5 Å². The third-order valence-corrected chi connectivity index (χ3v) is 4.09. The third-order valence-electron chi connectivity index (χ3n) is 3.04. The Kier molecular flexibility index (Phi) is 6.17. The molecule has 2 aromatic rings. The summed E-state index contributed by atoms with van der Waals surface area (Å²) in [5, 5.41) is 4.07. The molecule has 0 aliphatic rings. The Morgan fingerprint density at radius 1 is 1.22 bits per heavy atom. The lowest BCUT2D eigenvalue weighted by Gasteiger charge is -2.08. The van der Waals surface area contributed by atoms with Gasteiger partial charge in [-0.1, -0.05) is 24.3 Å². The summed E-state index contributed by atoms with van der Waals surface area (Å²) in [5.41, 5.74) is 3.91. The molecule has 120 valence electrons. The van der Waals surface area contributed by atoms with Crippen molar-refractivity contribution < 1.29 is 13.9 Å². The Morgan fingerprint density at radius 3 is 2.65 bits per heavy atom. The molecule has 0 saturated heterocycles. The average Bonchev–Trinajstić information content (AvgIpc) is 2.58. The van der Waals surface area contributed by atoms with Gasteiger partial charge in [-0.2, -0.15) is 5.10 Å². The first-order valence-corrected chi connectivity index (χ1v) is 7.94. The molecule has 0 unspecified atom stereocenters. The number of rotatable bonds is 6. The van der Waals surface area contributed by atoms with E-state index < -0.39 is 0 Å². The molecule has 0 bridgehead atoms. The number of thioether (sulfide) groups is 1. The minimum atomic E-state index is -0.334. The monoisotopic (exact) mass is 332 g/mol. The van der Waals surface area contributed by atoms with Crippen molar-refractivity contribution in [1.29, 1.82) is 0 Å². The van der Waals surface area contributed by atoms with Gasteiger partial charge in [0.25, 0.3) is 0 Å². The highest BCUT2D eigenvalue weighted by atomic mass is 32.2. The molecule has 0 heterocycles. The zero-order valence-electron chi connectivity index (χ0n) is 12.9. The second kappa shape index (κ2) is 8.33. The van der Waals surface area contributed by atoms with E-state index in [-0.39, 0.29) is 17.5 Å². The lowest BCUT2D eigenvalue weighted by Crippen LogP contribution is -2.21. The number of nitrogens with zero attached hydrogens (tertiary/aromatic N) is 1. The summed E-state index contributed by atoms with van der Waals surface area (Å²) in [5.74, 6) is 0.138. The van der Waals surface area contributed by atoms with E-state index in [4.69, 9.17) is 4.74 Å². The standard InChI is InChI=1S/C17H17FN2O2S/c1-12(13-7-3-5-9-15(13)22-2)19-20-17(21)11-23-16-10-6-4-8-14(16)18/h3-10H,11H2,1-2H3,(H,20,21)/b19-12-. The van der Waals surface area contributed by atoms with E-state index in [1.807, 2.05) is 24.3 Å². The lowest BCUT2D eigenvalue weighted by atomic mass is 10.1. The summed E-state index contributed by atoms with van der Waals surface area (Å²) in [6.07, 6.45) is 0. The van der Waals surface area contributed by atoms with Gasteiger partial charge in [0.05, 0.1) is 18.6 Å². The molecule has 0 atom stereocenters. The van der Waals surface area contributed by atoms with E-state index in [1.54, 1.807) is 32.2 Å². The topological polar surface area (TPSA) is 50.7 Å². The van der Waals surface area contributed by atoms with Gasteiger partial charge in [-0.25, -0.2) is 9.82 Å². The number of carbonyl (C=O) groups excluding carboxylic acids is 1. The van der Waals surface area contributed by atoms with Gasteiger partial charge in [0.1, 0.15) is 11.6 Å². The fraction of sp³-hybridized carbons (Fsp3) is 0.176. The Hall–Kier alpha value is -2.34. The highest BCUT2D eigenvalue weighted by Gasteiger charge is 2.08. The number of amides is 1. The van der Waals surface area contributed by atoms with Crippen LogP contribution in [-0.2, 0) is 4.79 Å². The van der Waals surface area contributed by atoms with Crippen molar-refractivity contribution in [3.8, 4) is 5.75 Å². The highest BCUT2D eigenvalue weighted by molar-refractivity contribution is 8.00. The Labute approximate surface area is 138 Å². The quantitative estimate of drug-likeness (QED) is 0.501. The largest absolute Gasteiger partial charge is 0.496 e. The van der Waals surface area contributed by atoms with Crippen LogP contribution in [0.3, 0.4) is 0 Å². The maximum atomic E-state index is 13.5. The highest BCUT2D eigenvalue weighted by Crippen LogP contribution is 2.21. The van der Waals surface area contributed by atoms with E-state index in [9.17, 15) is 9.18 Å². The molecule has 1 amide bonds. The summed E-state index contributed by atoms with van der Waals surface area (Å²) in [6.45, 7) is 1.78. The number of methoxy groups -OCH3 is 1. The number of para-hydroxylation sites is 1. The summed E-state index contributed by atoms with van der Waals surface area (Å²) >= 11 is 1.13. The van der Waals surface area contributed by atoms with Crippen LogP contribution < -0.4 is 10.2 Å². The number of halogens is 1. The molecule has 0 aliphatic carbocycles. The molecular formula is C17H17FN2O2S. The van der Waals surface area contributed by atoms with Crippen LogP contribution in [0.5, 0.6) is 5.75 Å². The third kappa shape index (κ3) is 4.82. The van der Waals surface area contributed by atoms with Crippen molar-refractivity contribution in [3.05, 3.63) is 59.9 Å². The van der Waals surface area contributed by atoms with Crippen molar-refractivity contribution >= 4 is 23.4 Å². The summed E-state index contributed by atoms with van der Waals surface area (Å²) in [7, 11) is 1.58. The number of hydrogen-bond acceptors (Lipinski definition) is 4. The summed E-state index contributed by atoms with van der Waals surface area (Å²) in [4.78, 5) is 12.3. The predicted molar refractivity (Wildman–Crippen MR) is 90.5 cm³/mol. The molecule has 4 nitrogen and oxygen atoms in total. The number of carbonyl (C=O) groups is 1. The van der Waals surface area contributed by atoms with Crippen LogP contribution >= 0.6 is 11.8 Å². The molecule has 6 heteroatoms. The van der Waals surface area contributed by atoms with E-state index in [0.29, 0.717) is 16.4 Å². The number of hydrazone groups is 1. The van der Waals surface area contributed by atoms with Gasteiger partial charge in [-0.15, -0.1) is 11.8 Å². The fourth-order valence-corrected chi connectivity index (χ4v) is 2.62. The maximum absolute atomic E-state index is 13.5. The van der Waals surface area contributed by atoms with Crippen molar-refractivity contribution in [3.63, 3.8) is 0 Å². The van der Waals surface area contributed by atoms with Crippen LogP contribution in [0, 0.1) is 5.82 Å². The van der Waals surface area contributed by atoms with Gasteiger partial charge in [0, 0.05) is 10.5 Å². The maximum Gasteiger partial charge on any atom is 0.250 e.